The third-order valence-corrected chi connectivity index (χ3v) is 4.55. The Morgan fingerprint density at radius 3 is 2.69 bits per heavy atom. The summed E-state index contributed by atoms with van der Waals surface area (Å²) in [6, 6.07) is 15.5. The van der Waals surface area contributed by atoms with E-state index in [0.717, 1.165) is 17.8 Å². The van der Waals surface area contributed by atoms with E-state index in [0.29, 0.717) is 17.8 Å². The zero-order valence-corrected chi connectivity index (χ0v) is 15.2. The Hall–Kier alpha value is -2.92. The normalized spacial score (nSPS) is 13.3. The zero-order chi connectivity index (χ0) is 18.5. The molecule has 0 saturated carbocycles. The summed E-state index contributed by atoms with van der Waals surface area (Å²) in [5.74, 6) is 1.54. The lowest BCUT2D eigenvalue weighted by Gasteiger charge is -2.21. The number of quaternary nitrogens is 1. The molecular weight excluding hydrogens is 326 g/mol. The summed E-state index contributed by atoms with van der Waals surface area (Å²) < 4.78 is 5.51. The first kappa shape index (κ1) is 17.9. The van der Waals surface area contributed by atoms with E-state index in [9.17, 15) is 4.79 Å². The van der Waals surface area contributed by atoms with Crippen molar-refractivity contribution in [3.8, 4) is 5.75 Å². The Kier molecular flexibility index (Phi) is 5.49. The number of fused-ring (bicyclic) bond motifs is 1. The molecule has 0 fully saturated rings. The Morgan fingerprint density at radius 2 is 1.96 bits per heavy atom. The molecule has 1 unspecified atom stereocenters. The fourth-order valence-corrected chi connectivity index (χ4v) is 2.88. The lowest BCUT2D eigenvalue weighted by molar-refractivity contribution is -0.924. The standard InChI is InChI=1S/C21H23N3O2/c1-4-13-26-17-11-9-16(10-12-17)14-24(3)15(2)20-22-19-8-6-5-7-18(19)21(25)23-20/h4-12,15H,1,13-14H2,2-3H3,(H,22,23,25)/p+1/t15-/m0/s1. The molecule has 0 aliphatic rings. The van der Waals surface area contributed by atoms with E-state index in [4.69, 9.17) is 4.74 Å². The van der Waals surface area contributed by atoms with Gasteiger partial charge in [0.25, 0.3) is 5.56 Å². The molecule has 5 nitrogen and oxygen atoms in total. The van der Waals surface area contributed by atoms with Gasteiger partial charge >= 0.3 is 0 Å². The molecule has 0 amide bonds. The molecule has 3 aromatic rings. The van der Waals surface area contributed by atoms with Crippen LogP contribution in [0, 0.1) is 0 Å². The van der Waals surface area contributed by atoms with Crippen molar-refractivity contribution in [3.63, 3.8) is 0 Å². The van der Waals surface area contributed by atoms with E-state index >= 15 is 0 Å². The van der Waals surface area contributed by atoms with E-state index in [1.807, 2.05) is 30.3 Å². The summed E-state index contributed by atoms with van der Waals surface area (Å²) in [7, 11) is 2.10. The van der Waals surface area contributed by atoms with E-state index in [1.165, 1.54) is 10.5 Å². The van der Waals surface area contributed by atoms with Crippen molar-refractivity contribution in [1.82, 2.24) is 9.97 Å². The molecule has 2 aromatic carbocycles. The van der Waals surface area contributed by atoms with Crippen molar-refractivity contribution in [3.05, 3.63) is 82.9 Å². The van der Waals surface area contributed by atoms with Crippen LogP contribution in [0.1, 0.15) is 24.4 Å². The molecular formula is C21H24N3O2+. The van der Waals surface area contributed by atoms with E-state index < -0.39 is 0 Å². The topological polar surface area (TPSA) is 59.4 Å². The van der Waals surface area contributed by atoms with E-state index in [1.54, 1.807) is 12.1 Å². The van der Waals surface area contributed by atoms with Gasteiger partial charge in [-0.2, -0.15) is 0 Å². The molecule has 0 spiro atoms. The number of aromatic nitrogens is 2. The van der Waals surface area contributed by atoms with Crippen molar-refractivity contribution < 1.29 is 9.64 Å². The van der Waals surface area contributed by atoms with Crippen LogP contribution in [-0.4, -0.2) is 23.6 Å². The van der Waals surface area contributed by atoms with Crippen molar-refractivity contribution in [2.24, 2.45) is 0 Å². The van der Waals surface area contributed by atoms with Crippen molar-refractivity contribution in [2.45, 2.75) is 19.5 Å². The summed E-state index contributed by atoms with van der Waals surface area (Å²) in [5.41, 5.74) is 1.84. The van der Waals surface area contributed by atoms with Gasteiger partial charge < -0.3 is 14.6 Å². The monoisotopic (exact) mass is 350 g/mol. The van der Waals surface area contributed by atoms with Crippen LogP contribution in [0.2, 0.25) is 0 Å². The lowest BCUT2D eigenvalue weighted by atomic mass is 10.1. The molecule has 5 heteroatoms. The van der Waals surface area contributed by atoms with Crippen LogP contribution < -0.4 is 15.2 Å². The molecule has 0 aliphatic heterocycles. The molecule has 1 heterocycles. The van der Waals surface area contributed by atoms with Crippen LogP contribution in [0.25, 0.3) is 10.9 Å². The van der Waals surface area contributed by atoms with Gasteiger partial charge in [0.05, 0.1) is 18.0 Å². The highest BCUT2D eigenvalue weighted by molar-refractivity contribution is 5.77. The largest absolute Gasteiger partial charge is 0.490 e. The maximum absolute atomic E-state index is 12.3. The van der Waals surface area contributed by atoms with Crippen LogP contribution in [0.4, 0.5) is 0 Å². The maximum Gasteiger partial charge on any atom is 0.258 e. The van der Waals surface area contributed by atoms with Gasteiger partial charge in [0.15, 0.2) is 5.82 Å². The van der Waals surface area contributed by atoms with Crippen LogP contribution >= 0.6 is 0 Å². The minimum Gasteiger partial charge on any atom is -0.490 e. The Labute approximate surface area is 153 Å². The van der Waals surface area contributed by atoms with Gasteiger partial charge in [0.1, 0.15) is 24.9 Å². The number of ether oxygens (including phenoxy) is 1. The second-order valence-electron chi connectivity index (χ2n) is 6.46. The summed E-state index contributed by atoms with van der Waals surface area (Å²) in [4.78, 5) is 21.1. The second kappa shape index (κ2) is 7.97. The van der Waals surface area contributed by atoms with Crippen LogP contribution in [0.5, 0.6) is 5.75 Å². The smallest absolute Gasteiger partial charge is 0.258 e. The summed E-state index contributed by atoms with van der Waals surface area (Å²) in [6.07, 6.45) is 1.73. The number of hydrogen-bond acceptors (Lipinski definition) is 3. The first-order valence-corrected chi connectivity index (χ1v) is 8.72. The highest BCUT2D eigenvalue weighted by atomic mass is 16.5. The average Bonchev–Trinajstić information content (AvgIpc) is 2.66. The Balaban J connectivity index is 1.74. The number of benzene rings is 2. The number of para-hydroxylation sites is 1. The SMILES string of the molecule is C=CCOc1ccc(C[NH+](C)[C@@H](C)c2nc3ccccc3c(=O)[nH]2)cc1. The minimum absolute atomic E-state index is 0.0593. The van der Waals surface area contributed by atoms with Gasteiger partial charge in [-0.15, -0.1) is 0 Å². The summed E-state index contributed by atoms with van der Waals surface area (Å²) in [5, 5.41) is 0.621. The van der Waals surface area contributed by atoms with E-state index in [-0.39, 0.29) is 11.6 Å². The average molecular weight is 350 g/mol. The number of nitrogens with zero attached hydrogens (tertiary/aromatic N) is 1. The van der Waals surface area contributed by atoms with Gasteiger partial charge in [-0.3, -0.25) is 4.79 Å². The summed E-state index contributed by atoms with van der Waals surface area (Å²) in [6.45, 7) is 7.04. The maximum atomic E-state index is 12.3. The summed E-state index contributed by atoms with van der Waals surface area (Å²) >= 11 is 0. The number of rotatable bonds is 7. The van der Waals surface area contributed by atoms with Crippen molar-refractivity contribution in [2.75, 3.05) is 13.7 Å². The molecule has 2 atom stereocenters. The minimum atomic E-state index is -0.0889. The fourth-order valence-electron chi connectivity index (χ4n) is 2.88. The third kappa shape index (κ3) is 4.00. The van der Waals surface area contributed by atoms with Crippen LogP contribution in [0.15, 0.2) is 66.0 Å². The van der Waals surface area contributed by atoms with Gasteiger partial charge in [0.2, 0.25) is 0 Å². The molecule has 134 valence electrons. The lowest BCUT2D eigenvalue weighted by Crippen LogP contribution is -3.07. The molecule has 2 N–H and O–H groups in total. The Bertz CT molecular complexity index is 947. The van der Waals surface area contributed by atoms with E-state index in [2.05, 4.69) is 42.7 Å². The van der Waals surface area contributed by atoms with Crippen LogP contribution in [-0.2, 0) is 6.54 Å². The van der Waals surface area contributed by atoms with Gasteiger partial charge in [-0.25, -0.2) is 4.98 Å². The molecule has 0 bridgehead atoms. The first-order chi connectivity index (χ1) is 12.6. The molecule has 0 aliphatic carbocycles. The number of aromatic amines is 1. The molecule has 1 aromatic heterocycles. The highest BCUT2D eigenvalue weighted by Crippen LogP contribution is 2.13. The molecule has 0 saturated heterocycles. The van der Waals surface area contributed by atoms with Gasteiger partial charge in [-0.1, -0.05) is 24.8 Å². The number of nitrogens with one attached hydrogen (secondary N) is 2. The molecule has 0 radical (unpaired) electrons. The highest BCUT2D eigenvalue weighted by Gasteiger charge is 2.19. The Morgan fingerprint density at radius 1 is 1.23 bits per heavy atom. The second-order valence-corrected chi connectivity index (χ2v) is 6.46. The number of H-pyrrole nitrogens is 1. The van der Waals surface area contributed by atoms with Gasteiger partial charge in [0, 0.05) is 5.56 Å². The van der Waals surface area contributed by atoms with Gasteiger partial charge in [-0.05, 0) is 43.3 Å². The first-order valence-electron chi connectivity index (χ1n) is 8.72. The van der Waals surface area contributed by atoms with Crippen molar-refractivity contribution in [1.29, 1.82) is 0 Å². The zero-order valence-electron chi connectivity index (χ0n) is 15.2. The predicted molar refractivity (Wildman–Crippen MR) is 104 cm³/mol. The molecule has 26 heavy (non-hydrogen) atoms. The van der Waals surface area contributed by atoms with Crippen LogP contribution in [0.3, 0.4) is 0 Å². The third-order valence-electron chi connectivity index (χ3n) is 4.55. The number of hydrogen-bond donors (Lipinski definition) is 2. The fraction of sp³-hybridized carbons (Fsp3) is 0.238. The predicted octanol–water partition coefficient (Wildman–Crippen LogP) is 2.26. The molecule has 3 rings (SSSR count). The quantitative estimate of drug-likeness (QED) is 0.643. The van der Waals surface area contributed by atoms with Crippen molar-refractivity contribution >= 4 is 10.9 Å².